The number of hydrogen-bond donors (Lipinski definition) is 1. The number of benzene rings is 2. The Morgan fingerprint density at radius 3 is 3.00 bits per heavy atom. The minimum absolute atomic E-state index is 0.156. The van der Waals surface area contributed by atoms with Gasteiger partial charge < -0.3 is 14.8 Å². The normalized spacial score (nSPS) is 17.8. The molecule has 1 aliphatic heterocycles. The second-order valence-corrected chi connectivity index (χ2v) is 6.27. The monoisotopic (exact) mass is 339 g/mol. The molecule has 1 N–H and O–H groups in total. The summed E-state index contributed by atoms with van der Waals surface area (Å²) in [7, 11) is 1.60. The summed E-state index contributed by atoms with van der Waals surface area (Å²) in [6, 6.07) is 10.1. The van der Waals surface area contributed by atoms with Crippen LogP contribution in [0.2, 0.25) is 0 Å². The van der Waals surface area contributed by atoms with Gasteiger partial charge in [-0.2, -0.15) is 0 Å². The Labute approximate surface area is 145 Å². The molecular formula is C20H18FNO3. The lowest BCUT2D eigenvalue weighted by atomic mass is 10.0. The second kappa shape index (κ2) is 6.24. The number of carbonyl (C=O) groups excluding carboxylic acids is 1. The van der Waals surface area contributed by atoms with E-state index in [1.54, 1.807) is 19.2 Å². The molecule has 0 saturated heterocycles. The molecule has 5 heteroatoms. The standard InChI is InChI=1S/C20H18FNO3/c1-24-16-6-3-13-8-14(11-25-19(13)10-16)20(23)22-18-7-4-12-2-5-15(21)9-17(12)18/h2-3,5-6,8-10,18H,4,7,11H2,1H3,(H,22,23). The van der Waals surface area contributed by atoms with E-state index in [9.17, 15) is 9.18 Å². The minimum atomic E-state index is -0.275. The summed E-state index contributed by atoms with van der Waals surface area (Å²) in [6.07, 6.45) is 3.46. The zero-order valence-electron chi connectivity index (χ0n) is 13.8. The molecule has 0 fully saturated rings. The first-order valence-electron chi connectivity index (χ1n) is 8.24. The summed E-state index contributed by atoms with van der Waals surface area (Å²) < 4.78 is 24.4. The number of methoxy groups -OCH3 is 1. The van der Waals surface area contributed by atoms with Crippen molar-refractivity contribution in [2.45, 2.75) is 18.9 Å². The fourth-order valence-corrected chi connectivity index (χ4v) is 3.38. The predicted molar refractivity (Wildman–Crippen MR) is 92.1 cm³/mol. The van der Waals surface area contributed by atoms with Gasteiger partial charge in [0.05, 0.1) is 18.7 Å². The SMILES string of the molecule is COc1ccc2c(c1)OCC(C(=O)NC1CCc3ccc(F)cc31)=C2. The number of amides is 1. The summed E-state index contributed by atoms with van der Waals surface area (Å²) in [6.45, 7) is 0.203. The second-order valence-electron chi connectivity index (χ2n) is 6.27. The first-order valence-corrected chi connectivity index (χ1v) is 8.24. The third kappa shape index (κ3) is 2.97. The molecule has 1 atom stereocenters. The van der Waals surface area contributed by atoms with Crippen LogP contribution in [0, 0.1) is 5.82 Å². The third-order valence-electron chi connectivity index (χ3n) is 4.72. The highest BCUT2D eigenvalue weighted by Gasteiger charge is 2.26. The smallest absolute Gasteiger partial charge is 0.251 e. The van der Waals surface area contributed by atoms with Crippen molar-refractivity contribution in [2.24, 2.45) is 0 Å². The van der Waals surface area contributed by atoms with Crippen molar-refractivity contribution < 1.29 is 18.7 Å². The lowest BCUT2D eigenvalue weighted by molar-refractivity contribution is -0.118. The highest BCUT2D eigenvalue weighted by Crippen LogP contribution is 2.33. The highest BCUT2D eigenvalue weighted by atomic mass is 19.1. The molecule has 2 aliphatic rings. The van der Waals surface area contributed by atoms with Gasteiger partial charge >= 0.3 is 0 Å². The molecule has 0 bridgehead atoms. The summed E-state index contributed by atoms with van der Waals surface area (Å²) in [5, 5.41) is 3.01. The number of halogens is 1. The first-order chi connectivity index (χ1) is 12.1. The number of nitrogens with one attached hydrogen (secondary N) is 1. The van der Waals surface area contributed by atoms with Gasteiger partial charge in [0.2, 0.25) is 0 Å². The molecule has 0 saturated carbocycles. The molecule has 0 radical (unpaired) electrons. The van der Waals surface area contributed by atoms with Gasteiger partial charge in [0.15, 0.2) is 0 Å². The molecule has 1 amide bonds. The van der Waals surface area contributed by atoms with E-state index < -0.39 is 0 Å². The van der Waals surface area contributed by atoms with Gasteiger partial charge in [-0.15, -0.1) is 0 Å². The van der Waals surface area contributed by atoms with Gasteiger partial charge in [0.1, 0.15) is 23.9 Å². The quantitative estimate of drug-likeness (QED) is 0.932. The fourth-order valence-electron chi connectivity index (χ4n) is 3.38. The van der Waals surface area contributed by atoms with Crippen LogP contribution < -0.4 is 14.8 Å². The number of fused-ring (bicyclic) bond motifs is 2. The van der Waals surface area contributed by atoms with Gasteiger partial charge in [-0.25, -0.2) is 4.39 Å². The van der Waals surface area contributed by atoms with Crippen LogP contribution in [0.4, 0.5) is 4.39 Å². The maximum Gasteiger partial charge on any atom is 0.251 e. The van der Waals surface area contributed by atoms with Crippen molar-refractivity contribution in [2.75, 3.05) is 13.7 Å². The van der Waals surface area contributed by atoms with Gasteiger partial charge in [-0.3, -0.25) is 4.79 Å². The summed E-state index contributed by atoms with van der Waals surface area (Å²) in [5.74, 6) is 0.959. The Bertz CT molecular complexity index is 875. The summed E-state index contributed by atoms with van der Waals surface area (Å²) >= 11 is 0. The van der Waals surface area contributed by atoms with Gasteiger partial charge in [0, 0.05) is 11.6 Å². The maximum absolute atomic E-state index is 13.5. The van der Waals surface area contributed by atoms with E-state index in [1.165, 1.54) is 12.1 Å². The van der Waals surface area contributed by atoms with Crippen LogP contribution in [0.3, 0.4) is 0 Å². The van der Waals surface area contributed by atoms with Crippen LogP contribution in [0.25, 0.3) is 6.08 Å². The zero-order valence-corrected chi connectivity index (χ0v) is 13.8. The molecular weight excluding hydrogens is 321 g/mol. The van der Waals surface area contributed by atoms with Crippen LogP contribution in [0.15, 0.2) is 42.0 Å². The predicted octanol–water partition coefficient (Wildman–Crippen LogP) is 3.41. The Morgan fingerprint density at radius 2 is 2.16 bits per heavy atom. The van der Waals surface area contributed by atoms with E-state index >= 15 is 0 Å². The topological polar surface area (TPSA) is 47.6 Å². The van der Waals surface area contributed by atoms with Gasteiger partial charge in [-0.1, -0.05) is 6.07 Å². The Morgan fingerprint density at radius 1 is 1.28 bits per heavy atom. The van der Waals surface area contributed by atoms with E-state index in [0.717, 1.165) is 29.5 Å². The van der Waals surface area contributed by atoms with E-state index in [1.807, 2.05) is 18.2 Å². The van der Waals surface area contributed by atoms with Crippen LogP contribution in [0.5, 0.6) is 11.5 Å². The lowest BCUT2D eigenvalue weighted by Gasteiger charge is -2.20. The van der Waals surface area contributed by atoms with E-state index in [0.29, 0.717) is 17.1 Å². The molecule has 1 heterocycles. The lowest BCUT2D eigenvalue weighted by Crippen LogP contribution is -2.31. The highest BCUT2D eigenvalue weighted by molar-refractivity contribution is 5.99. The van der Waals surface area contributed by atoms with Gasteiger partial charge in [-0.05, 0) is 54.3 Å². The van der Waals surface area contributed by atoms with Crippen molar-refractivity contribution in [1.29, 1.82) is 0 Å². The Kier molecular flexibility index (Phi) is 3.92. The molecule has 25 heavy (non-hydrogen) atoms. The van der Waals surface area contributed by atoms with Crippen LogP contribution >= 0.6 is 0 Å². The molecule has 2 aromatic rings. The average Bonchev–Trinajstić information content (AvgIpc) is 3.02. The molecule has 4 nitrogen and oxygen atoms in total. The average molecular weight is 339 g/mol. The number of carbonyl (C=O) groups is 1. The molecule has 0 aromatic heterocycles. The molecule has 2 aromatic carbocycles. The number of hydrogen-bond acceptors (Lipinski definition) is 3. The van der Waals surface area contributed by atoms with Crippen molar-refractivity contribution in [1.82, 2.24) is 5.32 Å². The minimum Gasteiger partial charge on any atom is -0.497 e. The van der Waals surface area contributed by atoms with Crippen LogP contribution in [-0.4, -0.2) is 19.6 Å². The summed E-state index contributed by atoms with van der Waals surface area (Å²) in [5.41, 5.74) is 3.37. The molecule has 1 aliphatic carbocycles. The third-order valence-corrected chi connectivity index (χ3v) is 4.72. The van der Waals surface area contributed by atoms with E-state index in [2.05, 4.69) is 5.32 Å². The first kappa shape index (κ1) is 15.7. The van der Waals surface area contributed by atoms with Crippen LogP contribution in [-0.2, 0) is 11.2 Å². The van der Waals surface area contributed by atoms with Crippen molar-refractivity contribution in [3.8, 4) is 11.5 Å². The fraction of sp³-hybridized carbons (Fsp3) is 0.250. The molecule has 128 valence electrons. The number of ether oxygens (including phenoxy) is 2. The largest absolute Gasteiger partial charge is 0.497 e. The van der Waals surface area contributed by atoms with Crippen molar-refractivity contribution in [3.05, 3.63) is 64.5 Å². The van der Waals surface area contributed by atoms with Crippen molar-refractivity contribution >= 4 is 12.0 Å². The van der Waals surface area contributed by atoms with E-state index in [-0.39, 0.29) is 24.4 Å². The Balaban J connectivity index is 1.53. The molecule has 1 unspecified atom stereocenters. The Hall–Kier alpha value is -2.82. The number of aryl methyl sites for hydroxylation is 1. The van der Waals surface area contributed by atoms with E-state index in [4.69, 9.17) is 9.47 Å². The summed E-state index contributed by atoms with van der Waals surface area (Å²) in [4.78, 5) is 12.6. The van der Waals surface area contributed by atoms with Crippen molar-refractivity contribution in [3.63, 3.8) is 0 Å². The molecule has 0 spiro atoms. The van der Waals surface area contributed by atoms with Crippen LogP contribution in [0.1, 0.15) is 29.2 Å². The van der Waals surface area contributed by atoms with Gasteiger partial charge in [0.25, 0.3) is 5.91 Å². The maximum atomic E-state index is 13.5. The molecule has 4 rings (SSSR count). The zero-order chi connectivity index (χ0) is 17.4. The number of rotatable bonds is 3.